The quantitative estimate of drug-likeness (QED) is 0.664. The first-order chi connectivity index (χ1) is 14.0. The molecule has 3 aromatic heterocycles. The Labute approximate surface area is 169 Å². The van der Waals surface area contributed by atoms with E-state index in [9.17, 15) is 9.59 Å². The number of aromatic nitrogens is 2. The minimum absolute atomic E-state index is 0.120. The molecule has 0 spiro atoms. The maximum absolute atomic E-state index is 13.0. The zero-order valence-corrected chi connectivity index (χ0v) is 16.7. The van der Waals surface area contributed by atoms with Crippen LogP contribution in [0.25, 0.3) is 11.1 Å². The molecule has 29 heavy (non-hydrogen) atoms. The highest BCUT2D eigenvalue weighted by molar-refractivity contribution is 5.96. The molecule has 0 aromatic carbocycles. The van der Waals surface area contributed by atoms with Crippen molar-refractivity contribution >= 4 is 23.0 Å². The van der Waals surface area contributed by atoms with Crippen molar-refractivity contribution in [3.05, 3.63) is 53.7 Å². The molecule has 0 radical (unpaired) electrons. The number of carbonyl (C=O) groups is 2. The van der Waals surface area contributed by atoms with Crippen molar-refractivity contribution in [1.82, 2.24) is 14.9 Å². The summed E-state index contributed by atoms with van der Waals surface area (Å²) in [6.45, 7) is 1.85. The van der Waals surface area contributed by atoms with E-state index in [1.54, 1.807) is 42.2 Å². The van der Waals surface area contributed by atoms with Crippen molar-refractivity contribution in [3.63, 3.8) is 0 Å². The lowest BCUT2D eigenvalue weighted by molar-refractivity contribution is -0.131. The van der Waals surface area contributed by atoms with Gasteiger partial charge in [0, 0.05) is 43.2 Å². The van der Waals surface area contributed by atoms with Crippen molar-refractivity contribution < 1.29 is 18.7 Å². The van der Waals surface area contributed by atoms with Crippen LogP contribution in [-0.4, -0.2) is 27.5 Å². The number of fused-ring (bicyclic) bond motifs is 1. The predicted molar refractivity (Wildman–Crippen MR) is 107 cm³/mol. The molecule has 1 amide bonds. The highest BCUT2D eigenvalue weighted by Gasteiger charge is 2.29. The fraction of sp³-hybridized carbons (Fsp3) is 0.409. The van der Waals surface area contributed by atoms with Crippen LogP contribution in [0.1, 0.15) is 60.0 Å². The largest absolute Gasteiger partial charge is 0.460 e. The molecule has 4 rings (SSSR count). The SMILES string of the molecule is Cc1cc2c(cc(C(=O)OC(C(=O)NC3CCCCC3)c3cccnc3)n2C)o1. The van der Waals surface area contributed by atoms with Gasteiger partial charge in [-0.2, -0.15) is 0 Å². The van der Waals surface area contributed by atoms with Crippen LogP contribution in [0.15, 0.2) is 41.1 Å². The molecule has 1 aliphatic carbocycles. The molecule has 0 aliphatic heterocycles. The van der Waals surface area contributed by atoms with E-state index < -0.39 is 12.1 Å². The Morgan fingerprint density at radius 1 is 1.28 bits per heavy atom. The Hall–Kier alpha value is -3.09. The van der Waals surface area contributed by atoms with Gasteiger partial charge in [-0.25, -0.2) is 4.79 Å². The van der Waals surface area contributed by atoms with E-state index in [1.165, 1.54) is 6.42 Å². The highest BCUT2D eigenvalue weighted by atomic mass is 16.5. The number of pyridine rings is 1. The van der Waals surface area contributed by atoms with Crippen LogP contribution < -0.4 is 5.32 Å². The molecule has 1 N–H and O–H groups in total. The first kappa shape index (κ1) is 19.2. The monoisotopic (exact) mass is 395 g/mol. The smallest absolute Gasteiger partial charge is 0.356 e. The van der Waals surface area contributed by atoms with Crippen molar-refractivity contribution in [2.75, 3.05) is 0 Å². The third-order valence-corrected chi connectivity index (χ3v) is 5.46. The summed E-state index contributed by atoms with van der Waals surface area (Å²) in [7, 11) is 1.77. The normalized spacial score (nSPS) is 15.9. The molecule has 1 aliphatic rings. The lowest BCUT2D eigenvalue weighted by atomic mass is 9.95. The lowest BCUT2D eigenvalue weighted by Gasteiger charge is -2.25. The summed E-state index contributed by atoms with van der Waals surface area (Å²) in [5.74, 6) is -0.123. The van der Waals surface area contributed by atoms with E-state index in [2.05, 4.69) is 10.3 Å². The molecule has 3 aromatic rings. The second-order valence-corrected chi connectivity index (χ2v) is 7.61. The van der Waals surface area contributed by atoms with Gasteiger partial charge in [0.25, 0.3) is 5.91 Å². The summed E-state index contributed by atoms with van der Waals surface area (Å²) in [5.41, 5.74) is 2.29. The number of rotatable bonds is 5. The first-order valence-corrected chi connectivity index (χ1v) is 10.00. The molecule has 0 saturated heterocycles. The van der Waals surface area contributed by atoms with E-state index in [4.69, 9.17) is 9.15 Å². The van der Waals surface area contributed by atoms with E-state index in [0.29, 0.717) is 16.8 Å². The summed E-state index contributed by atoms with van der Waals surface area (Å²) >= 11 is 0. The standard InChI is InChI=1S/C22H25N3O4/c1-14-11-17-19(28-14)12-18(25(17)2)22(27)29-20(15-7-6-10-23-13-15)21(26)24-16-8-4-3-5-9-16/h6-7,10-13,16,20H,3-5,8-9H2,1-2H3,(H,24,26). The number of furan rings is 1. The minimum Gasteiger partial charge on any atom is -0.460 e. The molecule has 1 unspecified atom stereocenters. The Kier molecular flexibility index (Phi) is 5.38. The summed E-state index contributed by atoms with van der Waals surface area (Å²) < 4.78 is 13.0. The average Bonchev–Trinajstić information content (AvgIpc) is 3.24. The van der Waals surface area contributed by atoms with Crippen LogP contribution in [0.5, 0.6) is 0 Å². The highest BCUT2D eigenvalue weighted by Crippen LogP contribution is 2.26. The van der Waals surface area contributed by atoms with Crippen LogP contribution in [0.3, 0.4) is 0 Å². The maximum Gasteiger partial charge on any atom is 0.356 e. The molecule has 1 saturated carbocycles. The molecule has 1 atom stereocenters. The van der Waals surface area contributed by atoms with Crippen molar-refractivity contribution in [3.8, 4) is 0 Å². The van der Waals surface area contributed by atoms with E-state index in [1.807, 2.05) is 13.0 Å². The molecule has 152 valence electrons. The average molecular weight is 395 g/mol. The molecule has 1 fully saturated rings. The maximum atomic E-state index is 13.0. The molecule has 7 heteroatoms. The van der Waals surface area contributed by atoms with Gasteiger partial charge in [-0.05, 0) is 25.8 Å². The van der Waals surface area contributed by atoms with Gasteiger partial charge in [0.2, 0.25) is 6.10 Å². The molecule has 0 bridgehead atoms. The van der Waals surface area contributed by atoms with Gasteiger partial charge in [0.05, 0.1) is 5.52 Å². The number of hydrogen-bond donors (Lipinski definition) is 1. The van der Waals surface area contributed by atoms with Gasteiger partial charge in [-0.3, -0.25) is 9.78 Å². The predicted octanol–water partition coefficient (Wildman–Crippen LogP) is 3.82. The van der Waals surface area contributed by atoms with Gasteiger partial charge in [0.15, 0.2) is 5.58 Å². The summed E-state index contributed by atoms with van der Waals surface area (Å²) in [5, 5.41) is 3.05. The fourth-order valence-electron chi connectivity index (χ4n) is 3.93. The Balaban J connectivity index is 1.57. The topological polar surface area (TPSA) is 86.4 Å². The Bertz CT molecular complexity index is 1020. The number of aryl methyl sites for hydroxylation is 2. The summed E-state index contributed by atoms with van der Waals surface area (Å²) in [6, 6.07) is 7.09. The van der Waals surface area contributed by atoms with Gasteiger partial charge < -0.3 is 19.0 Å². The van der Waals surface area contributed by atoms with Crippen LogP contribution in [-0.2, 0) is 16.6 Å². The van der Waals surface area contributed by atoms with Gasteiger partial charge in [0.1, 0.15) is 11.5 Å². The Morgan fingerprint density at radius 2 is 2.07 bits per heavy atom. The number of amides is 1. The van der Waals surface area contributed by atoms with Crippen LogP contribution in [0.2, 0.25) is 0 Å². The van der Waals surface area contributed by atoms with Crippen LogP contribution >= 0.6 is 0 Å². The number of esters is 1. The number of carbonyl (C=O) groups excluding carboxylic acids is 2. The third-order valence-electron chi connectivity index (χ3n) is 5.46. The molecule has 7 nitrogen and oxygen atoms in total. The second-order valence-electron chi connectivity index (χ2n) is 7.61. The summed E-state index contributed by atoms with van der Waals surface area (Å²) in [4.78, 5) is 30.0. The third kappa shape index (κ3) is 4.04. The van der Waals surface area contributed by atoms with E-state index in [0.717, 1.165) is 37.0 Å². The zero-order valence-electron chi connectivity index (χ0n) is 16.7. The molecular weight excluding hydrogens is 370 g/mol. The van der Waals surface area contributed by atoms with Gasteiger partial charge >= 0.3 is 5.97 Å². The number of nitrogens with zero attached hydrogens (tertiary/aromatic N) is 2. The van der Waals surface area contributed by atoms with Gasteiger partial charge in [-0.15, -0.1) is 0 Å². The van der Waals surface area contributed by atoms with Crippen molar-refractivity contribution in [2.45, 2.75) is 51.2 Å². The van der Waals surface area contributed by atoms with E-state index in [-0.39, 0.29) is 11.9 Å². The Morgan fingerprint density at radius 3 is 2.76 bits per heavy atom. The number of hydrogen-bond acceptors (Lipinski definition) is 5. The van der Waals surface area contributed by atoms with E-state index >= 15 is 0 Å². The molecule has 3 heterocycles. The second kappa shape index (κ2) is 8.11. The van der Waals surface area contributed by atoms with Crippen LogP contribution in [0, 0.1) is 6.92 Å². The number of ether oxygens (including phenoxy) is 1. The van der Waals surface area contributed by atoms with Gasteiger partial charge in [-0.1, -0.05) is 25.3 Å². The van der Waals surface area contributed by atoms with Crippen molar-refractivity contribution in [2.24, 2.45) is 7.05 Å². The first-order valence-electron chi connectivity index (χ1n) is 10.00. The summed E-state index contributed by atoms with van der Waals surface area (Å²) in [6.07, 6.45) is 7.42. The fourth-order valence-corrected chi connectivity index (χ4v) is 3.93. The zero-order chi connectivity index (χ0) is 20.4. The molecular formula is C22H25N3O4. The lowest BCUT2D eigenvalue weighted by Crippen LogP contribution is -2.40. The minimum atomic E-state index is -1.05. The van der Waals surface area contributed by atoms with Crippen LogP contribution in [0.4, 0.5) is 0 Å². The van der Waals surface area contributed by atoms with Crippen molar-refractivity contribution in [1.29, 1.82) is 0 Å². The number of nitrogens with one attached hydrogen (secondary N) is 1.